The highest BCUT2D eigenvalue weighted by Gasteiger charge is 2.32. The van der Waals surface area contributed by atoms with Crippen LogP contribution in [0.15, 0.2) is 30.3 Å². The van der Waals surface area contributed by atoms with Gasteiger partial charge in [-0.05, 0) is 25.1 Å². The Labute approximate surface area is 117 Å². The first-order valence-corrected chi connectivity index (χ1v) is 6.67. The lowest BCUT2D eigenvalue weighted by Crippen LogP contribution is -2.49. The highest BCUT2D eigenvalue weighted by molar-refractivity contribution is 5.31. The highest BCUT2D eigenvalue weighted by atomic mass is 15.1. The summed E-state index contributed by atoms with van der Waals surface area (Å²) in [5.41, 5.74) is 0.586. The van der Waals surface area contributed by atoms with Gasteiger partial charge in [-0.3, -0.25) is 5.32 Å². The molecule has 0 aliphatic carbocycles. The number of benzene rings is 1. The highest BCUT2D eigenvalue weighted by Crippen LogP contribution is 2.23. The minimum absolute atomic E-state index is 0.223. The van der Waals surface area contributed by atoms with E-state index >= 15 is 0 Å². The maximum atomic E-state index is 9.64. The number of nitrogens with one attached hydrogen (secondary N) is 1. The van der Waals surface area contributed by atoms with Crippen LogP contribution in [0, 0.1) is 16.7 Å². The van der Waals surface area contributed by atoms with Crippen LogP contribution in [0.25, 0.3) is 0 Å². The van der Waals surface area contributed by atoms with Crippen molar-refractivity contribution in [2.75, 3.05) is 27.2 Å². The molecule has 0 fully saturated rings. The first-order chi connectivity index (χ1) is 8.83. The third-order valence-electron chi connectivity index (χ3n) is 3.14. The van der Waals surface area contributed by atoms with Gasteiger partial charge in [0, 0.05) is 13.1 Å². The molecule has 104 valence electrons. The van der Waals surface area contributed by atoms with Crippen molar-refractivity contribution in [3.8, 4) is 6.07 Å². The molecule has 19 heavy (non-hydrogen) atoms. The van der Waals surface area contributed by atoms with Crippen molar-refractivity contribution in [2.24, 2.45) is 5.41 Å². The van der Waals surface area contributed by atoms with E-state index in [9.17, 15) is 5.26 Å². The Balaban J connectivity index is 2.93. The Morgan fingerprint density at radius 2 is 1.74 bits per heavy atom. The predicted molar refractivity (Wildman–Crippen MR) is 79.7 cm³/mol. The van der Waals surface area contributed by atoms with Crippen molar-refractivity contribution in [2.45, 2.75) is 26.3 Å². The summed E-state index contributed by atoms with van der Waals surface area (Å²) in [7, 11) is 3.92. The molecule has 0 aliphatic heterocycles. The van der Waals surface area contributed by atoms with E-state index in [0.29, 0.717) is 6.54 Å². The van der Waals surface area contributed by atoms with Gasteiger partial charge >= 0.3 is 0 Å². The number of nitriles is 1. The SMILES string of the molecule is CNC(C#N)(CN(C)CC(C)(C)C)c1ccccc1. The van der Waals surface area contributed by atoms with E-state index < -0.39 is 5.54 Å². The molecule has 1 rings (SSSR count). The number of hydrogen-bond acceptors (Lipinski definition) is 3. The molecule has 3 heteroatoms. The van der Waals surface area contributed by atoms with Gasteiger partial charge in [-0.15, -0.1) is 0 Å². The number of nitrogens with zero attached hydrogens (tertiary/aromatic N) is 2. The molecule has 0 aromatic heterocycles. The zero-order chi connectivity index (χ0) is 14.5. The second kappa shape index (κ2) is 6.18. The van der Waals surface area contributed by atoms with Gasteiger partial charge in [-0.25, -0.2) is 0 Å². The van der Waals surface area contributed by atoms with Crippen LogP contribution in [-0.2, 0) is 5.54 Å². The minimum Gasteiger partial charge on any atom is -0.303 e. The van der Waals surface area contributed by atoms with Crippen LogP contribution >= 0.6 is 0 Å². The lowest BCUT2D eigenvalue weighted by Gasteiger charge is -2.34. The fourth-order valence-electron chi connectivity index (χ4n) is 2.46. The molecule has 1 unspecified atom stereocenters. The third-order valence-corrected chi connectivity index (χ3v) is 3.14. The van der Waals surface area contributed by atoms with Crippen LogP contribution in [-0.4, -0.2) is 32.1 Å². The van der Waals surface area contributed by atoms with Crippen molar-refractivity contribution in [1.29, 1.82) is 5.26 Å². The fourth-order valence-corrected chi connectivity index (χ4v) is 2.46. The first-order valence-electron chi connectivity index (χ1n) is 6.67. The van der Waals surface area contributed by atoms with Crippen molar-refractivity contribution in [3.63, 3.8) is 0 Å². The summed E-state index contributed by atoms with van der Waals surface area (Å²) in [6.07, 6.45) is 0. The van der Waals surface area contributed by atoms with Gasteiger partial charge in [-0.2, -0.15) is 5.26 Å². The van der Waals surface area contributed by atoms with Crippen LogP contribution in [0.3, 0.4) is 0 Å². The maximum absolute atomic E-state index is 9.64. The van der Waals surface area contributed by atoms with Gasteiger partial charge in [0.15, 0.2) is 0 Å². The van der Waals surface area contributed by atoms with Crippen LogP contribution in [0.5, 0.6) is 0 Å². The summed E-state index contributed by atoms with van der Waals surface area (Å²) >= 11 is 0. The fraction of sp³-hybridized carbons (Fsp3) is 0.562. The summed E-state index contributed by atoms with van der Waals surface area (Å²) in [4.78, 5) is 2.22. The van der Waals surface area contributed by atoms with E-state index in [-0.39, 0.29) is 5.41 Å². The Bertz CT molecular complexity index is 428. The summed E-state index contributed by atoms with van der Waals surface area (Å²) in [5, 5.41) is 12.8. The molecule has 1 N–H and O–H groups in total. The van der Waals surface area contributed by atoms with Crippen LogP contribution < -0.4 is 5.32 Å². The van der Waals surface area contributed by atoms with E-state index in [4.69, 9.17) is 0 Å². The second-order valence-corrected chi connectivity index (χ2v) is 6.37. The van der Waals surface area contributed by atoms with Gasteiger partial charge in [0.05, 0.1) is 6.07 Å². The van der Waals surface area contributed by atoms with Crippen LogP contribution in [0.4, 0.5) is 0 Å². The van der Waals surface area contributed by atoms with Gasteiger partial charge in [-0.1, -0.05) is 51.1 Å². The third kappa shape index (κ3) is 4.34. The van der Waals surface area contributed by atoms with E-state index in [1.165, 1.54) is 0 Å². The van der Waals surface area contributed by atoms with E-state index in [1.807, 2.05) is 37.4 Å². The molecule has 0 saturated heterocycles. The summed E-state index contributed by atoms with van der Waals surface area (Å²) < 4.78 is 0. The lowest BCUT2D eigenvalue weighted by atomic mass is 9.89. The first kappa shape index (κ1) is 15.7. The molecule has 0 aliphatic rings. The van der Waals surface area contributed by atoms with Crippen molar-refractivity contribution < 1.29 is 0 Å². The maximum Gasteiger partial charge on any atom is 0.144 e. The van der Waals surface area contributed by atoms with Gasteiger partial charge in [0.1, 0.15) is 5.54 Å². The normalized spacial score (nSPS) is 15.0. The average Bonchev–Trinajstić information content (AvgIpc) is 2.35. The van der Waals surface area contributed by atoms with E-state index in [0.717, 1.165) is 12.1 Å². The van der Waals surface area contributed by atoms with E-state index in [1.54, 1.807) is 0 Å². The van der Waals surface area contributed by atoms with Gasteiger partial charge < -0.3 is 4.90 Å². The molecule has 0 amide bonds. The number of likely N-dealkylation sites (N-methyl/N-ethyl adjacent to an activating group) is 2. The predicted octanol–water partition coefficient (Wildman–Crippen LogP) is 2.60. The second-order valence-electron chi connectivity index (χ2n) is 6.37. The molecule has 1 aromatic carbocycles. The molecule has 0 heterocycles. The molecule has 0 spiro atoms. The van der Waals surface area contributed by atoms with Crippen molar-refractivity contribution in [1.82, 2.24) is 10.2 Å². The molecule has 0 radical (unpaired) electrons. The van der Waals surface area contributed by atoms with Crippen molar-refractivity contribution in [3.05, 3.63) is 35.9 Å². The Morgan fingerprint density at radius 3 is 2.16 bits per heavy atom. The number of rotatable bonds is 5. The molecular weight excluding hydrogens is 234 g/mol. The largest absolute Gasteiger partial charge is 0.303 e. The molecule has 3 nitrogen and oxygen atoms in total. The van der Waals surface area contributed by atoms with Crippen LogP contribution in [0.1, 0.15) is 26.3 Å². The molecule has 0 bridgehead atoms. The topological polar surface area (TPSA) is 39.1 Å². The Morgan fingerprint density at radius 1 is 1.16 bits per heavy atom. The van der Waals surface area contributed by atoms with Crippen molar-refractivity contribution >= 4 is 0 Å². The van der Waals surface area contributed by atoms with Gasteiger partial charge in [0.25, 0.3) is 0 Å². The summed E-state index contributed by atoms with van der Waals surface area (Å²) in [5.74, 6) is 0. The zero-order valence-corrected chi connectivity index (χ0v) is 12.7. The molecular formula is C16H25N3. The monoisotopic (exact) mass is 259 g/mol. The Kier molecular flexibility index (Phi) is 5.11. The zero-order valence-electron chi connectivity index (χ0n) is 12.7. The standard InChI is InChI=1S/C16H25N3/c1-15(2,3)12-19(5)13-16(11-17,18-4)14-9-7-6-8-10-14/h6-10,18H,12-13H2,1-5H3. The van der Waals surface area contributed by atoms with E-state index in [2.05, 4.69) is 44.1 Å². The molecule has 1 aromatic rings. The molecule has 0 saturated carbocycles. The molecule has 1 atom stereocenters. The summed E-state index contributed by atoms with van der Waals surface area (Å²) in [6, 6.07) is 12.4. The minimum atomic E-state index is -0.652. The lowest BCUT2D eigenvalue weighted by molar-refractivity contribution is 0.190. The number of hydrogen-bond donors (Lipinski definition) is 1. The quantitative estimate of drug-likeness (QED) is 0.883. The Hall–Kier alpha value is -1.37. The average molecular weight is 259 g/mol. The van der Waals surface area contributed by atoms with Crippen LogP contribution in [0.2, 0.25) is 0 Å². The smallest absolute Gasteiger partial charge is 0.144 e. The van der Waals surface area contributed by atoms with Gasteiger partial charge in [0.2, 0.25) is 0 Å². The summed E-state index contributed by atoms with van der Waals surface area (Å²) in [6.45, 7) is 8.24.